The molecule has 0 aromatic heterocycles. The van der Waals surface area contributed by atoms with E-state index in [4.69, 9.17) is 33.4 Å². The summed E-state index contributed by atoms with van der Waals surface area (Å²) in [6.07, 6.45) is 2.50. The molecule has 0 unspecified atom stereocenters. The van der Waals surface area contributed by atoms with E-state index in [9.17, 15) is 10.2 Å². The summed E-state index contributed by atoms with van der Waals surface area (Å²) in [6.45, 7) is 0.229. The van der Waals surface area contributed by atoms with E-state index in [1.165, 1.54) is 0 Å². The maximum atomic E-state index is 9.51. The fourth-order valence-electron chi connectivity index (χ4n) is 2.16. The van der Waals surface area contributed by atoms with Crippen molar-refractivity contribution in [3.63, 3.8) is 0 Å². The van der Waals surface area contributed by atoms with Gasteiger partial charge >= 0.3 is 0 Å². The molecule has 0 saturated heterocycles. The Morgan fingerprint density at radius 1 is 0.692 bits per heavy atom. The molecule has 0 saturated carbocycles. The average Bonchev–Trinajstić information content (AvgIpc) is 2.59. The smallest absolute Gasteiger partial charge is 0.137 e. The first-order valence-corrected chi connectivity index (χ1v) is 10.2. The summed E-state index contributed by atoms with van der Waals surface area (Å²) in [5.41, 5.74) is 1.52. The Kier molecular flexibility index (Phi) is 10.9. The van der Waals surface area contributed by atoms with Crippen molar-refractivity contribution >= 4 is 55.1 Å². The molecule has 26 heavy (non-hydrogen) atoms. The van der Waals surface area contributed by atoms with E-state index >= 15 is 0 Å². The average molecular weight is 531 g/mol. The van der Waals surface area contributed by atoms with Gasteiger partial charge in [-0.05, 0) is 61.1 Å². The molecule has 0 atom stereocenters. The molecule has 0 spiro atoms. The monoisotopic (exact) mass is 528 g/mol. The molecule has 0 aliphatic rings. The Labute approximate surface area is 179 Å². The van der Waals surface area contributed by atoms with Crippen LogP contribution in [0, 0.1) is 0 Å². The number of aliphatic hydroxyl groups is 2. The number of aromatic hydroxyl groups is 2. The molecule has 4 N–H and O–H groups in total. The highest BCUT2D eigenvalue weighted by Gasteiger charge is 2.07. The van der Waals surface area contributed by atoms with Crippen LogP contribution >= 0.6 is 55.1 Å². The Balaban J connectivity index is 0.000000260. The Morgan fingerprint density at radius 3 is 1.35 bits per heavy atom. The summed E-state index contributed by atoms with van der Waals surface area (Å²) < 4.78 is 1.67. The van der Waals surface area contributed by atoms with E-state index in [1.54, 1.807) is 24.3 Å². The molecular formula is C18H20Br2Cl2O4. The minimum absolute atomic E-state index is 0.110. The van der Waals surface area contributed by atoms with Gasteiger partial charge in [-0.15, -0.1) is 0 Å². The van der Waals surface area contributed by atoms with Crippen molar-refractivity contribution in [1.29, 1.82) is 0 Å². The lowest BCUT2D eigenvalue weighted by Gasteiger charge is -2.05. The van der Waals surface area contributed by atoms with E-state index in [0.29, 0.717) is 35.7 Å². The van der Waals surface area contributed by atoms with Gasteiger partial charge in [-0.25, -0.2) is 0 Å². The van der Waals surface area contributed by atoms with E-state index in [2.05, 4.69) is 31.9 Å². The number of benzene rings is 2. The standard InChI is InChI=1S/2C9H10BrClO2/c2*10-7-4-6(2-1-3-12)9(13)8(11)5-7/h2*4-5,12-13H,1-3H2. The predicted octanol–water partition coefficient (Wildman–Crippen LogP) is 5.47. The summed E-state index contributed by atoms with van der Waals surface area (Å²) in [5, 5.41) is 37.0. The minimum Gasteiger partial charge on any atom is -0.506 e. The molecule has 0 bridgehead atoms. The maximum Gasteiger partial charge on any atom is 0.137 e. The summed E-state index contributed by atoms with van der Waals surface area (Å²) >= 11 is 18.1. The van der Waals surface area contributed by atoms with Crippen LogP contribution in [0.1, 0.15) is 24.0 Å². The zero-order chi connectivity index (χ0) is 19.7. The number of phenols is 2. The van der Waals surface area contributed by atoms with Crippen LogP contribution < -0.4 is 0 Å². The first kappa shape index (κ1) is 23.5. The second kappa shape index (κ2) is 12.1. The number of halogens is 4. The van der Waals surface area contributed by atoms with Gasteiger partial charge in [0.15, 0.2) is 0 Å². The molecule has 2 aromatic carbocycles. The van der Waals surface area contributed by atoms with Crippen molar-refractivity contribution in [2.75, 3.05) is 13.2 Å². The minimum atomic E-state index is 0.110. The summed E-state index contributed by atoms with van der Waals surface area (Å²) in [7, 11) is 0. The Bertz CT molecular complexity index is 665. The van der Waals surface area contributed by atoms with Gasteiger partial charge in [-0.3, -0.25) is 0 Å². The van der Waals surface area contributed by atoms with Gasteiger partial charge in [0.2, 0.25) is 0 Å². The zero-order valence-electron chi connectivity index (χ0n) is 13.9. The number of rotatable bonds is 6. The Morgan fingerprint density at radius 2 is 1.04 bits per heavy atom. The van der Waals surface area contributed by atoms with Crippen LogP contribution in [-0.4, -0.2) is 33.6 Å². The van der Waals surface area contributed by atoms with E-state index < -0.39 is 0 Å². The van der Waals surface area contributed by atoms with Gasteiger partial charge in [0.25, 0.3) is 0 Å². The maximum absolute atomic E-state index is 9.51. The zero-order valence-corrected chi connectivity index (χ0v) is 18.5. The van der Waals surface area contributed by atoms with Crippen molar-refractivity contribution in [2.24, 2.45) is 0 Å². The fourth-order valence-corrected chi connectivity index (χ4v) is 3.91. The van der Waals surface area contributed by atoms with Gasteiger partial charge in [0.1, 0.15) is 11.5 Å². The predicted molar refractivity (Wildman–Crippen MR) is 112 cm³/mol. The number of hydrogen-bond donors (Lipinski definition) is 4. The van der Waals surface area contributed by atoms with Crippen molar-refractivity contribution in [3.05, 3.63) is 54.4 Å². The van der Waals surface area contributed by atoms with Crippen LogP contribution in [0.2, 0.25) is 10.0 Å². The van der Waals surface area contributed by atoms with Crippen molar-refractivity contribution in [1.82, 2.24) is 0 Å². The third-order valence-corrected chi connectivity index (χ3v) is 4.91. The van der Waals surface area contributed by atoms with Crippen molar-refractivity contribution in [2.45, 2.75) is 25.7 Å². The number of phenolic OH excluding ortho intramolecular Hbond substituents is 2. The molecule has 0 amide bonds. The summed E-state index contributed by atoms with van der Waals surface area (Å²) in [6, 6.07) is 6.88. The third-order valence-electron chi connectivity index (χ3n) is 3.42. The molecule has 0 heterocycles. The van der Waals surface area contributed by atoms with E-state index in [0.717, 1.165) is 20.1 Å². The van der Waals surface area contributed by atoms with Crippen LogP contribution in [0.5, 0.6) is 11.5 Å². The Hall–Kier alpha value is -0.500. The number of aliphatic hydroxyl groups excluding tert-OH is 2. The molecule has 4 nitrogen and oxygen atoms in total. The van der Waals surface area contributed by atoms with Crippen LogP contribution in [0.15, 0.2) is 33.2 Å². The summed E-state index contributed by atoms with van der Waals surface area (Å²) in [5.74, 6) is 0.219. The largest absolute Gasteiger partial charge is 0.506 e. The topological polar surface area (TPSA) is 80.9 Å². The first-order chi connectivity index (χ1) is 12.3. The van der Waals surface area contributed by atoms with Crippen LogP contribution in [0.3, 0.4) is 0 Å². The van der Waals surface area contributed by atoms with Gasteiger partial charge in [-0.2, -0.15) is 0 Å². The number of hydrogen-bond acceptors (Lipinski definition) is 4. The van der Waals surface area contributed by atoms with Gasteiger partial charge in [-0.1, -0.05) is 55.1 Å². The highest BCUT2D eigenvalue weighted by atomic mass is 79.9. The second-order valence-corrected chi connectivity index (χ2v) is 8.09. The molecule has 0 aliphatic carbocycles. The van der Waals surface area contributed by atoms with Gasteiger partial charge in [0.05, 0.1) is 10.0 Å². The molecule has 2 aromatic rings. The SMILES string of the molecule is OCCCc1cc(Br)cc(Cl)c1O.OCCCc1cc(Br)cc(Cl)c1O. The summed E-state index contributed by atoms with van der Waals surface area (Å²) in [4.78, 5) is 0. The highest BCUT2D eigenvalue weighted by molar-refractivity contribution is 9.10. The second-order valence-electron chi connectivity index (χ2n) is 5.45. The van der Waals surface area contributed by atoms with E-state index in [1.807, 2.05) is 0 Å². The quantitative estimate of drug-likeness (QED) is 0.399. The first-order valence-electron chi connectivity index (χ1n) is 7.85. The lowest BCUT2D eigenvalue weighted by Crippen LogP contribution is -1.90. The van der Waals surface area contributed by atoms with Crippen molar-refractivity contribution < 1.29 is 20.4 Å². The molecule has 144 valence electrons. The normalized spacial score (nSPS) is 10.4. The third kappa shape index (κ3) is 7.62. The van der Waals surface area contributed by atoms with E-state index in [-0.39, 0.29) is 24.7 Å². The van der Waals surface area contributed by atoms with Crippen molar-refractivity contribution in [3.8, 4) is 11.5 Å². The van der Waals surface area contributed by atoms with Crippen LogP contribution in [-0.2, 0) is 12.8 Å². The van der Waals surface area contributed by atoms with Crippen LogP contribution in [0.25, 0.3) is 0 Å². The van der Waals surface area contributed by atoms with Gasteiger partial charge in [0, 0.05) is 22.2 Å². The molecule has 2 rings (SSSR count). The lowest BCUT2D eigenvalue weighted by molar-refractivity contribution is 0.287. The lowest BCUT2D eigenvalue weighted by atomic mass is 10.1. The highest BCUT2D eigenvalue weighted by Crippen LogP contribution is 2.32. The molecule has 0 radical (unpaired) electrons. The molecule has 0 fully saturated rings. The number of aryl methyl sites for hydroxylation is 2. The van der Waals surface area contributed by atoms with Crippen LogP contribution in [0.4, 0.5) is 0 Å². The molecular weight excluding hydrogens is 511 g/mol. The fraction of sp³-hybridized carbons (Fsp3) is 0.333. The molecule has 8 heteroatoms. The van der Waals surface area contributed by atoms with Gasteiger partial charge < -0.3 is 20.4 Å². The molecule has 0 aliphatic heterocycles.